The minimum absolute atomic E-state index is 0.156. The number of aromatic nitrogens is 2. The Labute approximate surface area is 180 Å². The van der Waals surface area contributed by atoms with E-state index in [0.29, 0.717) is 36.8 Å². The molecule has 2 N–H and O–H groups in total. The summed E-state index contributed by atoms with van der Waals surface area (Å²) < 4.78 is 47.3. The van der Waals surface area contributed by atoms with Gasteiger partial charge in [0.15, 0.2) is 0 Å². The van der Waals surface area contributed by atoms with Gasteiger partial charge < -0.3 is 15.4 Å². The van der Waals surface area contributed by atoms with Crippen molar-refractivity contribution in [2.45, 2.75) is 39.1 Å². The van der Waals surface area contributed by atoms with Crippen LogP contribution in [0.2, 0.25) is 0 Å². The van der Waals surface area contributed by atoms with Gasteiger partial charge in [-0.1, -0.05) is 13.8 Å². The number of morpholine rings is 1. The Morgan fingerprint density at radius 2 is 2.03 bits per heavy atom. The summed E-state index contributed by atoms with van der Waals surface area (Å²) in [6.07, 6.45) is -3.20. The van der Waals surface area contributed by atoms with Crippen molar-refractivity contribution in [1.82, 2.24) is 9.97 Å². The number of aliphatic imine (C=N–C) groups is 1. The molecule has 2 aromatic rings. The molecule has 0 aromatic carbocycles. The number of nitrogens with zero attached hydrogens (tertiary/aromatic N) is 4. The van der Waals surface area contributed by atoms with E-state index in [9.17, 15) is 13.2 Å². The number of ether oxygens (including phenoxy) is 1. The second-order valence-electron chi connectivity index (χ2n) is 7.95. The molecule has 1 aliphatic heterocycles. The Bertz CT molecular complexity index is 945. The number of rotatable bonds is 5. The summed E-state index contributed by atoms with van der Waals surface area (Å²) in [5.74, 6) is 0.656. The number of hydrogen-bond acceptors (Lipinski definition) is 6. The van der Waals surface area contributed by atoms with Crippen LogP contribution in [0.4, 0.5) is 19.0 Å². The average molecular weight is 435 g/mol. The van der Waals surface area contributed by atoms with Crippen LogP contribution >= 0.6 is 0 Å². The molecule has 3 rings (SSSR count). The lowest BCUT2D eigenvalue weighted by Gasteiger charge is -2.37. The number of aryl methyl sites for hydroxylation is 1. The lowest BCUT2D eigenvalue weighted by atomic mass is 9.98. The SMILES string of the molecule is CN=C(c1cccnc1C)c1nc(N2CCOC(C(N)C(C)C)C2)ccc1C(F)(F)F. The molecule has 3 heterocycles. The summed E-state index contributed by atoms with van der Waals surface area (Å²) in [5, 5.41) is 0. The molecule has 0 aliphatic carbocycles. The van der Waals surface area contributed by atoms with Gasteiger partial charge in [0, 0.05) is 43.6 Å². The predicted octanol–water partition coefficient (Wildman–Crippen LogP) is 3.46. The Balaban J connectivity index is 2.05. The smallest absolute Gasteiger partial charge is 0.373 e. The van der Waals surface area contributed by atoms with Gasteiger partial charge >= 0.3 is 6.18 Å². The normalized spacial score (nSPS) is 19.1. The molecule has 2 unspecified atom stereocenters. The molecular weight excluding hydrogens is 407 g/mol. The van der Waals surface area contributed by atoms with E-state index in [1.807, 2.05) is 18.7 Å². The van der Waals surface area contributed by atoms with Gasteiger partial charge in [0.2, 0.25) is 0 Å². The summed E-state index contributed by atoms with van der Waals surface area (Å²) in [6.45, 7) is 7.17. The van der Waals surface area contributed by atoms with Crippen molar-refractivity contribution < 1.29 is 17.9 Å². The van der Waals surface area contributed by atoms with Crippen LogP contribution in [0.3, 0.4) is 0 Å². The Hall–Kier alpha value is -2.52. The third kappa shape index (κ3) is 5.04. The molecule has 9 heteroatoms. The summed E-state index contributed by atoms with van der Waals surface area (Å²) >= 11 is 0. The van der Waals surface area contributed by atoms with Crippen LogP contribution in [0.25, 0.3) is 0 Å². The molecule has 2 atom stereocenters. The van der Waals surface area contributed by atoms with Crippen molar-refractivity contribution in [2.24, 2.45) is 16.6 Å². The number of halogens is 3. The minimum atomic E-state index is -4.57. The molecule has 0 radical (unpaired) electrons. The van der Waals surface area contributed by atoms with E-state index >= 15 is 0 Å². The fraction of sp³-hybridized carbons (Fsp3) is 0.500. The van der Waals surface area contributed by atoms with Crippen molar-refractivity contribution in [1.29, 1.82) is 0 Å². The highest BCUT2D eigenvalue weighted by Gasteiger charge is 2.37. The highest BCUT2D eigenvalue weighted by atomic mass is 19.4. The zero-order valence-electron chi connectivity index (χ0n) is 18.1. The van der Waals surface area contributed by atoms with Crippen LogP contribution in [0.15, 0.2) is 35.5 Å². The van der Waals surface area contributed by atoms with Crippen LogP contribution in [-0.2, 0) is 10.9 Å². The van der Waals surface area contributed by atoms with Gasteiger partial charge in [0.25, 0.3) is 0 Å². The predicted molar refractivity (Wildman–Crippen MR) is 115 cm³/mol. The van der Waals surface area contributed by atoms with Crippen LogP contribution < -0.4 is 10.6 Å². The van der Waals surface area contributed by atoms with E-state index in [-0.39, 0.29) is 29.5 Å². The monoisotopic (exact) mass is 435 g/mol. The van der Waals surface area contributed by atoms with Crippen molar-refractivity contribution in [3.8, 4) is 0 Å². The first-order chi connectivity index (χ1) is 14.6. The quantitative estimate of drug-likeness (QED) is 0.728. The molecule has 31 heavy (non-hydrogen) atoms. The topological polar surface area (TPSA) is 76.6 Å². The van der Waals surface area contributed by atoms with Gasteiger partial charge in [-0.3, -0.25) is 9.98 Å². The van der Waals surface area contributed by atoms with E-state index in [1.54, 1.807) is 25.3 Å². The molecule has 1 saturated heterocycles. The molecule has 1 fully saturated rings. The lowest BCUT2D eigenvalue weighted by Crippen LogP contribution is -2.52. The molecule has 2 aromatic heterocycles. The van der Waals surface area contributed by atoms with Crippen molar-refractivity contribution >= 4 is 11.5 Å². The average Bonchev–Trinajstić information content (AvgIpc) is 2.74. The fourth-order valence-electron chi connectivity index (χ4n) is 3.67. The van der Waals surface area contributed by atoms with E-state index < -0.39 is 11.7 Å². The standard InChI is InChI=1S/C22H28F3N5O/c1-13(2)19(26)17-12-30(10-11-31-17)18-8-7-16(22(23,24)25)21(29-18)20(27-4)15-6-5-9-28-14(15)3/h5-9,13,17,19H,10-12,26H2,1-4H3. The maximum absolute atomic E-state index is 13.8. The lowest BCUT2D eigenvalue weighted by molar-refractivity contribution is -0.137. The van der Waals surface area contributed by atoms with Crippen LogP contribution in [0.1, 0.15) is 36.4 Å². The van der Waals surface area contributed by atoms with Crippen LogP contribution in [0, 0.1) is 12.8 Å². The molecule has 1 aliphatic rings. The molecule has 0 saturated carbocycles. The molecule has 0 amide bonds. The van der Waals surface area contributed by atoms with E-state index in [1.165, 1.54) is 13.1 Å². The van der Waals surface area contributed by atoms with Gasteiger partial charge in [0.1, 0.15) is 11.5 Å². The van der Waals surface area contributed by atoms with Gasteiger partial charge in [-0.2, -0.15) is 13.2 Å². The van der Waals surface area contributed by atoms with Gasteiger partial charge in [0.05, 0.1) is 24.0 Å². The van der Waals surface area contributed by atoms with E-state index in [2.05, 4.69) is 15.0 Å². The summed E-state index contributed by atoms with van der Waals surface area (Å²) in [5.41, 5.74) is 6.47. The van der Waals surface area contributed by atoms with Gasteiger partial charge in [-0.15, -0.1) is 0 Å². The number of pyridine rings is 2. The highest BCUT2D eigenvalue weighted by Crippen LogP contribution is 2.34. The Morgan fingerprint density at radius 1 is 1.29 bits per heavy atom. The Kier molecular flexibility index (Phi) is 6.96. The Morgan fingerprint density at radius 3 is 2.65 bits per heavy atom. The second-order valence-corrected chi connectivity index (χ2v) is 7.95. The first kappa shape index (κ1) is 23.1. The maximum atomic E-state index is 13.8. The minimum Gasteiger partial charge on any atom is -0.373 e. The third-order valence-corrected chi connectivity index (χ3v) is 5.51. The van der Waals surface area contributed by atoms with Crippen LogP contribution in [0.5, 0.6) is 0 Å². The molecular formula is C22H28F3N5O. The number of anilines is 1. The molecule has 0 spiro atoms. The first-order valence-electron chi connectivity index (χ1n) is 10.2. The van der Waals surface area contributed by atoms with E-state index in [0.717, 1.165) is 6.07 Å². The summed E-state index contributed by atoms with van der Waals surface area (Å²) in [7, 11) is 1.46. The third-order valence-electron chi connectivity index (χ3n) is 5.51. The highest BCUT2D eigenvalue weighted by molar-refractivity contribution is 6.13. The van der Waals surface area contributed by atoms with E-state index in [4.69, 9.17) is 10.5 Å². The molecule has 0 bridgehead atoms. The molecule has 6 nitrogen and oxygen atoms in total. The van der Waals surface area contributed by atoms with Crippen molar-refractivity contribution in [3.05, 3.63) is 53.0 Å². The maximum Gasteiger partial charge on any atom is 0.418 e. The first-order valence-corrected chi connectivity index (χ1v) is 10.2. The largest absolute Gasteiger partial charge is 0.418 e. The number of nitrogens with two attached hydrogens (primary N) is 1. The zero-order valence-corrected chi connectivity index (χ0v) is 18.1. The number of hydrogen-bond donors (Lipinski definition) is 1. The molecule has 168 valence electrons. The zero-order chi connectivity index (χ0) is 22.8. The summed E-state index contributed by atoms with van der Waals surface area (Å²) in [6, 6.07) is 5.67. The summed E-state index contributed by atoms with van der Waals surface area (Å²) in [4.78, 5) is 14.7. The van der Waals surface area contributed by atoms with Crippen molar-refractivity contribution in [3.63, 3.8) is 0 Å². The van der Waals surface area contributed by atoms with Crippen molar-refractivity contribution in [2.75, 3.05) is 31.6 Å². The number of alkyl halides is 3. The van der Waals surface area contributed by atoms with Gasteiger partial charge in [-0.25, -0.2) is 4.98 Å². The van der Waals surface area contributed by atoms with Crippen LogP contribution in [-0.4, -0.2) is 54.6 Å². The fourth-order valence-corrected chi connectivity index (χ4v) is 3.67. The second kappa shape index (κ2) is 9.32. The van der Waals surface area contributed by atoms with Gasteiger partial charge in [-0.05, 0) is 37.1 Å².